The van der Waals surface area contributed by atoms with E-state index in [1.54, 1.807) is 11.3 Å². The second-order valence-corrected chi connectivity index (χ2v) is 7.83. The number of carbonyl (C=O) groups is 1. The summed E-state index contributed by atoms with van der Waals surface area (Å²) in [7, 11) is 0. The Labute approximate surface area is 164 Å². The van der Waals surface area contributed by atoms with Crippen LogP contribution in [0, 0.1) is 0 Å². The molecule has 0 aliphatic heterocycles. The standard InChI is InChI=1S/C19H16BrClN2OS/c1-2-15(20)18(24)22-13-7-5-6-12(10-13)17-11-25-19(23-17)14-8-3-4-9-16(14)21/h3-11,15H,2H2,1H3,(H,22,24). The van der Waals surface area contributed by atoms with Crippen molar-refractivity contribution in [2.24, 2.45) is 0 Å². The lowest BCUT2D eigenvalue weighted by Crippen LogP contribution is -2.21. The van der Waals surface area contributed by atoms with E-state index in [9.17, 15) is 4.79 Å². The topological polar surface area (TPSA) is 42.0 Å². The van der Waals surface area contributed by atoms with Gasteiger partial charge in [-0.15, -0.1) is 11.3 Å². The molecule has 25 heavy (non-hydrogen) atoms. The number of aromatic nitrogens is 1. The van der Waals surface area contributed by atoms with Gasteiger partial charge in [-0.05, 0) is 24.6 Å². The minimum absolute atomic E-state index is 0.0466. The number of nitrogens with one attached hydrogen (secondary N) is 1. The van der Waals surface area contributed by atoms with Crippen LogP contribution in [0.1, 0.15) is 13.3 Å². The Morgan fingerprint density at radius 2 is 2.08 bits per heavy atom. The van der Waals surface area contributed by atoms with Gasteiger partial charge in [-0.25, -0.2) is 4.98 Å². The Kier molecular flexibility index (Phi) is 5.89. The molecular formula is C19H16BrClN2OS. The number of thiazole rings is 1. The van der Waals surface area contributed by atoms with Gasteiger partial charge in [0.2, 0.25) is 5.91 Å². The van der Waals surface area contributed by atoms with Gasteiger partial charge >= 0.3 is 0 Å². The highest BCUT2D eigenvalue weighted by atomic mass is 79.9. The fraction of sp³-hybridized carbons (Fsp3) is 0.158. The fourth-order valence-electron chi connectivity index (χ4n) is 2.33. The van der Waals surface area contributed by atoms with Crippen LogP contribution in [0.4, 0.5) is 5.69 Å². The first-order valence-corrected chi connectivity index (χ1v) is 10.0. The van der Waals surface area contributed by atoms with E-state index in [4.69, 9.17) is 16.6 Å². The third-order valence-corrected chi connectivity index (χ3v) is 5.95. The molecule has 128 valence electrons. The number of nitrogens with zero attached hydrogens (tertiary/aromatic N) is 1. The zero-order valence-corrected chi connectivity index (χ0v) is 16.7. The molecule has 3 rings (SSSR count). The first-order valence-electron chi connectivity index (χ1n) is 7.84. The number of hydrogen-bond donors (Lipinski definition) is 1. The van der Waals surface area contributed by atoms with E-state index in [0.717, 1.165) is 33.9 Å². The van der Waals surface area contributed by atoms with E-state index in [1.165, 1.54) is 0 Å². The number of anilines is 1. The van der Waals surface area contributed by atoms with Crippen molar-refractivity contribution in [2.75, 3.05) is 5.32 Å². The summed E-state index contributed by atoms with van der Waals surface area (Å²) in [6.07, 6.45) is 0.735. The van der Waals surface area contributed by atoms with Crippen molar-refractivity contribution < 1.29 is 4.79 Å². The SMILES string of the molecule is CCC(Br)C(=O)Nc1cccc(-c2csc(-c3ccccc3Cl)n2)c1. The van der Waals surface area contributed by atoms with Crippen LogP contribution in [0.25, 0.3) is 21.8 Å². The van der Waals surface area contributed by atoms with Gasteiger partial charge in [-0.2, -0.15) is 0 Å². The third kappa shape index (κ3) is 4.29. The Bertz CT molecular complexity index is 896. The predicted molar refractivity (Wildman–Crippen MR) is 110 cm³/mol. The van der Waals surface area contributed by atoms with Crippen LogP contribution >= 0.6 is 38.9 Å². The van der Waals surface area contributed by atoms with Gasteiger partial charge in [0.25, 0.3) is 0 Å². The summed E-state index contributed by atoms with van der Waals surface area (Å²) in [6, 6.07) is 15.4. The van der Waals surface area contributed by atoms with Gasteiger partial charge in [0.1, 0.15) is 5.01 Å². The van der Waals surface area contributed by atoms with Crippen LogP contribution in [0.15, 0.2) is 53.9 Å². The number of alkyl halides is 1. The molecule has 1 heterocycles. The molecule has 2 aromatic carbocycles. The van der Waals surface area contributed by atoms with Gasteiger partial charge in [0.05, 0.1) is 15.5 Å². The van der Waals surface area contributed by atoms with Crippen LogP contribution < -0.4 is 5.32 Å². The first-order chi connectivity index (χ1) is 12.1. The fourth-order valence-corrected chi connectivity index (χ4v) is 3.59. The van der Waals surface area contributed by atoms with E-state index < -0.39 is 0 Å². The maximum absolute atomic E-state index is 12.0. The van der Waals surface area contributed by atoms with Crippen molar-refractivity contribution in [1.29, 1.82) is 0 Å². The van der Waals surface area contributed by atoms with E-state index in [0.29, 0.717) is 5.02 Å². The summed E-state index contributed by atoms with van der Waals surface area (Å²) < 4.78 is 0. The average Bonchev–Trinajstić information content (AvgIpc) is 3.11. The molecule has 0 radical (unpaired) electrons. The molecule has 1 unspecified atom stereocenters. The second-order valence-electron chi connectivity index (χ2n) is 5.46. The zero-order chi connectivity index (χ0) is 17.8. The van der Waals surface area contributed by atoms with E-state index in [2.05, 4.69) is 21.2 Å². The van der Waals surface area contributed by atoms with Crippen molar-refractivity contribution in [3.05, 3.63) is 58.9 Å². The van der Waals surface area contributed by atoms with Crippen molar-refractivity contribution in [1.82, 2.24) is 4.98 Å². The van der Waals surface area contributed by atoms with E-state index in [1.807, 2.05) is 60.8 Å². The molecule has 0 saturated carbocycles. The van der Waals surface area contributed by atoms with Crippen LogP contribution in [0.5, 0.6) is 0 Å². The summed E-state index contributed by atoms with van der Waals surface area (Å²) in [4.78, 5) is 16.5. The molecule has 3 nitrogen and oxygen atoms in total. The molecule has 3 aromatic rings. The van der Waals surface area contributed by atoms with E-state index in [-0.39, 0.29) is 10.7 Å². The van der Waals surface area contributed by atoms with Crippen molar-refractivity contribution in [2.45, 2.75) is 18.2 Å². The lowest BCUT2D eigenvalue weighted by molar-refractivity contribution is -0.115. The Hall–Kier alpha value is -1.69. The highest BCUT2D eigenvalue weighted by molar-refractivity contribution is 9.10. The molecular weight excluding hydrogens is 420 g/mol. The Balaban J connectivity index is 1.85. The van der Waals surface area contributed by atoms with E-state index >= 15 is 0 Å². The third-order valence-electron chi connectivity index (χ3n) is 3.68. The number of amides is 1. The van der Waals surface area contributed by atoms with Gasteiger partial charge in [-0.3, -0.25) is 4.79 Å². The number of benzene rings is 2. The molecule has 0 saturated heterocycles. The Morgan fingerprint density at radius 1 is 1.28 bits per heavy atom. The molecule has 1 N–H and O–H groups in total. The molecule has 1 atom stereocenters. The summed E-state index contributed by atoms with van der Waals surface area (Å²) in [5.74, 6) is -0.0466. The number of halogens is 2. The molecule has 0 bridgehead atoms. The molecule has 0 fully saturated rings. The second kappa shape index (κ2) is 8.13. The quantitative estimate of drug-likeness (QED) is 0.482. The number of carbonyl (C=O) groups excluding carboxylic acids is 1. The first kappa shape index (κ1) is 18.1. The number of hydrogen-bond acceptors (Lipinski definition) is 3. The van der Waals surface area contributed by atoms with Crippen molar-refractivity contribution in [3.63, 3.8) is 0 Å². The predicted octanol–water partition coefficient (Wildman–Crippen LogP) is 6.24. The summed E-state index contributed by atoms with van der Waals surface area (Å²) in [5.41, 5.74) is 3.50. The van der Waals surface area contributed by atoms with Gasteiger partial charge < -0.3 is 5.32 Å². The van der Waals surface area contributed by atoms with Gasteiger partial charge in [-0.1, -0.05) is 64.8 Å². The smallest absolute Gasteiger partial charge is 0.238 e. The highest BCUT2D eigenvalue weighted by Gasteiger charge is 2.13. The maximum Gasteiger partial charge on any atom is 0.238 e. The largest absolute Gasteiger partial charge is 0.325 e. The van der Waals surface area contributed by atoms with Gasteiger partial charge in [0, 0.05) is 22.2 Å². The highest BCUT2D eigenvalue weighted by Crippen LogP contribution is 2.33. The summed E-state index contributed by atoms with van der Waals surface area (Å²) in [6.45, 7) is 1.96. The zero-order valence-electron chi connectivity index (χ0n) is 13.5. The van der Waals surface area contributed by atoms with Crippen LogP contribution in [0.2, 0.25) is 5.02 Å². The summed E-state index contributed by atoms with van der Waals surface area (Å²) >= 11 is 11.2. The average molecular weight is 436 g/mol. The Morgan fingerprint density at radius 3 is 2.84 bits per heavy atom. The van der Waals surface area contributed by atoms with Crippen molar-refractivity contribution in [3.8, 4) is 21.8 Å². The minimum Gasteiger partial charge on any atom is -0.325 e. The lowest BCUT2D eigenvalue weighted by atomic mass is 10.1. The van der Waals surface area contributed by atoms with Crippen LogP contribution in [-0.2, 0) is 4.79 Å². The normalized spacial score (nSPS) is 12.0. The molecule has 1 amide bonds. The van der Waals surface area contributed by atoms with Crippen LogP contribution in [-0.4, -0.2) is 15.7 Å². The van der Waals surface area contributed by atoms with Gasteiger partial charge in [0.15, 0.2) is 0 Å². The minimum atomic E-state index is -0.192. The molecule has 0 aliphatic rings. The van der Waals surface area contributed by atoms with Crippen molar-refractivity contribution >= 4 is 50.5 Å². The molecule has 0 aliphatic carbocycles. The maximum atomic E-state index is 12.0. The molecule has 0 spiro atoms. The lowest BCUT2D eigenvalue weighted by Gasteiger charge is -2.09. The molecule has 1 aromatic heterocycles. The molecule has 6 heteroatoms. The number of rotatable bonds is 5. The van der Waals surface area contributed by atoms with Crippen LogP contribution in [0.3, 0.4) is 0 Å². The monoisotopic (exact) mass is 434 g/mol. The summed E-state index contributed by atoms with van der Waals surface area (Å²) in [5, 5.41) is 6.48.